The number of nitrogens with one attached hydrogen (secondary N) is 1. The fourth-order valence-corrected chi connectivity index (χ4v) is 3.60. The second-order valence-electron chi connectivity index (χ2n) is 7.39. The molecule has 0 saturated carbocycles. The minimum Gasteiger partial charge on any atom is -0.311 e. The molecule has 0 amide bonds. The van der Waals surface area contributed by atoms with Crippen LogP contribution in [0.5, 0.6) is 0 Å². The van der Waals surface area contributed by atoms with Crippen molar-refractivity contribution in [2.75, 3.05) is 13.1 Å². The molecular weight excluding hydrogens is 256 g/mol. The van der Waals surface area contributed by atoms with Gasteiger partial charge in [0, 0.05) is 31.7 Å². The number of benzene rings is 1. The van der Waals surface area contributed by atoms with Crippen LogP contribution in [-0.2, 0) is 6.54 Å². The molecule has 1 aromatic rings. The molecule has 0 aromatic heterocycles. The van der Waals surface area contributed by atoms with Crippen molar-refractivity contribution in [1.82, 2.24) is 10.2 Å². The van der Waals surface area contributed by atoms with Gasteiger partial charge in [0.15, 0.2) is 0 Å². The molecule has 0 bridgehead atoms. The second-order valence-corrected chi connectivity index (χ2v) is 7.39. The van der Waals surface area contributed by atoms with Crippen molar-refractivity contribution in [3.63, 3.8) is 0 Å². The van der Waals surface area contributed by atoms with Gasteiger partial charge in [0.05, 0.1) is 0 Å². The minimum atomic E-state index is 0.619. The van der Waals surface area contributed by atoms with E-state index in [1.54, 1.807) is 0 Å². The van der Waals surface area contributed by atoms with Crippen LogP contribution < -0.4 is 5.32 Å². The van der Waals surface area contributed by atoms with Gasteiger partial charge in [-0.3, -0.25) is 4.90 Å². The van der Waals surface area contributed by atoms with Gasteiger partial charge in [-0.25, -0.2) is 0 Å². The van der Waals surface area contributed by atoms with Crippen molar-refractivity contribution in [2.24, 2.45) is 5.92 Å². The maximum absolute atomic E-state index is 3.71. The monoisotopic (exact) mass is 288 g/mol. The number of rotatable bonds is 4. The average Bonchev–Trinajstić information content (AvgIpc) is 2.36. The van der Waals surface area contributed by atoms with Crippen LogP contribution in [0.4, 0.5) is 0 Å². The quantitative estimate of drug-likeness (QED) is 0.906. The van der Waals surface area contributed by atoms with E-state index in [2.05, 4.69) is 63.9 Å². The van der Waals surface area contributed by atoms with Gasteiger partial charge in [-0.1, -0.05) is 31.5 Å². The lowest BCUT2D eigenvalue weighted by Gasteiger charge is -2.40. The summed E-state index contributed by atoms with van der Waals surface area (Å²) in [5.41, 5.74) is 5.79. The van der Waals surface area contributed by atoms with Crippen molar-refractivity contribution in [3.05, 3.63) is 34.4 Å². The summed E-state index contributed by atoms with van der Waals surface area (Å²) in [6, 6.07) is 5.91. The molecule has 2 heteroatoms. The predicted molar refractivity (Wildman–Crippen MR) is 91.8 cm³/mol. The first-order valence-electron chi connectivity index (χ1n) is 8.41. The highest BCUT2D eigenvalue weighted by molar-refractivity contribution is 5.37. The van der Waals surface area contributed by atoms with Crippen LogP contribution in [0.15, 0.2) is 12.1 Å². The molecule has 1 heterocycles. The first-order valence-corrected chi connectivity index (χ1v) is 8.41. The highest BCUT2D eigenvalue weighted by atomic mass is 15.2. The summed E-state index contributed by atoms with van der Waals surface area (Å²) in [5.74, 6) is 0.764. The van der Waals surface area contributed by atoms with Crippen LogP contribution in [0.3, 0.4) is 0 Å². The van der Waals surface area contributed by atoms with Crippen LogP contribution in [0, 0.1) is 26.7 Å². The SMILES string of the molecule is Cc1cc(C)c(CN2CC(CC(C)C)NCC2C)c(C)c1. The number of aryl methyl sites for hydroxylation is 3. The van der Waals surface area contributed by atoms with Crippen molar-refractivity contribution in [1.29, 1.82) is 0 Å². The van der Waals surface area contributed by atoms with Gasteiger partial charge in [-0.2, -0.15) is 0 Å². The first-order chi connectivity index (χ1) is 9.86. The molecule has 1 aliphatic heterocycles. The Morgan fingerprint density at radius 3 is 2.38 bits per heavy atom. The smallest absolute Gasteiger partial charge is 0.0243 e. The van der Waals surface area contributed by atoms with Crippen molar-refractivity contribution >= 4 is 0 Å². The van der Waals surface area contributed by atoms with Crippen LogP contribution >= 0.6 is 0 Å². The summed E-state index contributed by atoms with van der Waals surface area (Å²) in [6.07, 6.45) is 1.27. The molecular formula is C19H32N2. The Bertz CT molecular complexity index is 455. The van der Waals surface area contributed by atoms with Crippen molar-refractivity contribution in [2.45, 2.75) is 66.6 Å². The van der Waals surface area contributed by atoms with E-state index in [-0.39, 0.29) is 0 Å². The zero-order valence-corrected chi connectivity index (χ0v) is 14.7. The first kappa shape index (κ1) is 16.5. The minimum absolute atomic E-state index is 0.619. The Morgan fingerprint density at radius 2 is 1.81 bits per heavy atom. The van der Waals surface area contributed by atoms with Gasteiger partial charge in [0.1, 0.15) is 0 Å². The summed E-state index contributed by atoms with van der Waals surface area (Å²) in [6.45, 7) is 17.1. The zero-order valence-electron chi connectivity index (χ0n) is 14.7. The Morgan fingerprint density at radius 1 is 1.19 bits per heavy atom. The number of nitrogens with zero attached hydrogens (tertiary/aromatic N) is 1. The molecule has 0 spiro atoms. The number of hydrogen-bond donors (Lipinski definition) is 1. The van der Waals surface area contributed by atoms with Crippen LogP contribution in [0.2, 0.25) is 0 Å². The van der Waals surface area contributed by atoms with Gasteiger partial charge in [0.2, 0.25) is 0 Å². The van der Waals surface area contributed by atoms with Crippen molar-refractivity contribution < 1.29 is 0 Å². The van der Waals surface area contributed by atoms with Gasteiger partial charge in [0.25, 0.3) is 0 Å². The van der Waals surface area contributed by atoms with E-state index in [4.69, 9.17) is 0 Å². The number of hydrogen-bond acceptors (Lipinski definition) is 2. The van der Waals surface area contributed by atoms with Gasteiger partial charge < -0.3 is 5.32 Å². The number of piperazine rings is 1. The molecule has 2 rings (SSSR count). The van der Waals surface area contributed by atoms with Crippen LogP contribution in [-0.4, -0.2) is 30.1 Å². The van der Waals surface area contributed by atoms with E-state index < -0.39 is 0 Å². The molecule has 1 fully saturated rings. The van der Waals surface area contributed by atoms with E-state index in [1.807, 2.05) is 0 Å². The Balaban J connectivity index is 2.10. The fourth-order valence-electron chi connectivity index (χ4n) is 3.60. The van der Waals surface area contributed by atoms with Gasteiger partial charge in [-0.15, -0.1) is 0 Å². The third kappa shape index (κ3) is 4.31. The van der Waals surface area contributed by atoms with Gasteiger partial charge >= 0.3 is 0 Å². The van der Waals surface area contributed by atoms with E-state index >= 15 is 0 Å². The Labute approximate surface area is 130 Å². The summed E-state index contributed by atoms with van der Waals surface area (Å²) in [7, 11) is 0. The predicted octanol–water partition coefficient (Wildman–Crippen LogP) is 3.82. The summed E-state index contributed by atoms with van der Waals surface area (Å²) in [5, 5.41) is 3.71. The molecule has 2 nitrogen and oxygen atoms in total. The maximum Gasteiger partial charge on any atom is 0.0243 e. The third-order valence-corrected chi connectivity index (χ3v) is 4.74. The molecule has 21 heavy (non-hydrogen) atoms. The molecule has 0 aliphatic carbocycles. The van der Waals surface area contributed by atoms with E-state index in [9.17, 15) is 0 Å². The molecule has 1 N–H and O–H groups in total. The lowest BCUT2D eigenvalue weighted by molar-refractivity contribution is 0.124. The third-order valence-electron chi connectivity index (χ3n) is 4.74. The van der Waals surface area contributed by atoms with Crippen LogP contribution in [0.1, 0.15) is 49.4 Å². The summed E-state index contributed by atoms with van der Waals surface area (Å²) >= 11 is 0. The molecule has 2 atom stereocenters. The topological polar surface area (TPSA) is 15.3 Å². The molecule has 118 valence electrons. The molecule has 1 aromatic carbocycles. The standard InChI is InChI=1S/C19H32N2/c1-13(2)7-18-11-21(17(6)10-20-18)12-19-15(4)8-14(3)9-16(19)5/h8-9,13,17-18,20H,7,10-12H2,1-6H3. The summed E-state index contributed by atoms with van der Waals surface area (Å²) < 4.78 is 0. The lowest BCUT2D eigenvalue weighted by atomic mass is 9.96. The Hall–Kier alpha value is -0.860. The average molecular weight is 288 g/mol. The molecule has 2 unspecified atom stereocenters. The second kappa shape index (κ2) is 6.93. The zero-order chi connectivity index (χ0) is 15.6. The molecule has 1 aliphatic rings. The highest BCUT2D eigenvalue weighted by Crippen LogP contribution is 2.21. The maximum atomic E-state index is 3.71. The molecule has 0 radical (unpaired) electrons. The fraction of sp³-hybridized carbons (Fsp3) is 0.684. The van der Waals surface area contributed by atoms with E-state index in [0.29, 0.717) is 12.1 Å². The van der Waals surface area contributed by atoms with E-state index in [1.165, 1.54) is 35.2 Å². The normalized spacial score (nSPS) is 23.8. The largest absolute Gasteiger partial charge is 0.311 e. The summed E-state index contributed by atoms with van der Waals surface area (Å²) in [4.78, 5) is 2.66. The molecule has 1 saturated heterocycles. The van der Waals surface area contributed by atoms with Crippen molar-refractivity contribution in [3.8, 4) is 0 Å². The lowest BCUT2D eigenvalue weighted by Crippen LogP contribution is -2.55. The Kier molecular flexibility index (Phi) is 5.45. The van der Waals surface area contributed by atoms with Crippen LogP contribution in [0.25, 0.3) is 0 Å². The van der Waals surface area contributed by atoms with E-state index in [0.717, 1.165) is 19.0 Å². The van der Waals surface area contributed by atoms with Gasteiger partial charge in [-0.05, 0) is 56.7 Å². The highest BCUT2D eigenvalue weighted by Gasteiger charge is 2.26.